The molecule has 3 rings (SSSR count). The molecule has 2 aromatic rings. The smallest absolute Gasteiger partial charge is 0.355 e. The van der Waals surface area contributed by atoms with Crippen LogP contribution in [0.2, 0.25) is 5.02 Å². The van der Waals surface area contributed by atoms with Gasteiger partial charge < -0.3 is 10.2 Å². The Morgan fingerprint density at radius 2 is 2.00 bits per heavy atom. The molecular formula is C16H17ClF3N5O. The molecule has 0 aromatic carbocycles. The van der Waals surface area contributed by atoms with Gasteiger partial charge in [-0.25, -0.2) is 4.98 Å². The van der Waals surface area contributed by atoms with Crippen molar-refractivity contribution >= 4 is 23.3 Å². The Morgan fingerprint density at radius 3 is 2.54 bits per heavy atom. The second-order valence-electron chi connectivity index (χ2n) is 6.16. The quantitative estimate of drug-likeness (QED) is 0.879. The first-order chi connectivity index (χ1) is 12.2. The van der Waals surface area contributed by atoms with Gasteiger partial charge in [-0.3, -0.25) is 9.48 Å². The fourth-order valence-corrected chi connectivity index (χ4v) is 3.15. The largest absolute Gasteiger partial charge is 0.417 e. The first-order valence-corrected chi connectivity index (χ1v) is 8.39. The standard InChI is InChI=1S/C16H17ClF3N5O/c1-24-9-10(7-22-24)15(26)23-12-2-4-25(5-3-12)14-13(17)6-11(8-21-14)16(18,19)20/h6-9,12H,2-5H2,1H3,(H,23,26). The number of nitrogens with one attached hydrogen (secondary N) is 1. The lowest BCUT2D eigenvalue weighted by Crippen LogP contribution is -2.45. The average molecular weight is 388 g/mol. The molecule has 0 radical (unpaired) electrons. The zero-order valence-corrected chi connectivity index (χ0v) is 14.7. The number of hydrogen-bond acceptors (Lipinski definition) is 4. The van der Waals surface area contributed by atoms with E-state index in [1.165, 1.54) is 6.20 Å². The summed E-state index contributed by atoms with van der Waals surface area (Å²) >= 11 is 5.99. The summed E-state index contributed by atoms with van der Waals surface area (Å²) in [5.41, 5.74) is -0.382. The number of halogens is 4. The highest BCUT2D eigenvalue weighted by Gasteiger charge is 2.32. The van der Waals surface area contributed by atoms with Crippen molar-refractivity contribution in [2.24, 2.45) is 7.05 Å². The highest BCUT2D eigenvalue weighted by atomic mass is 35.5. The highest BCUT2D eigenvalue weighted by Crippen LogP contribution is 2.34. The third-order valence-corrected chi connectivity index (χ3v) is 4.52. The van der Waals surface area contributed by atoms with Gasteiger partial charge in [0.15, 0.2) is 0 Å². The van der Waals surface area contributed by atoms with Crippen molar-refractivity contribution in [2.45, 2.75) is 25.1 Å². The molecule has 3 heterocycles. The van der Waals surface area contributed by atoms with Crippen LogP contribution in [0.5, 0.6) is 0 Å². The predicted octanol–water partition coefficient (Wildman–Crippen LogP) is 2.89. The molecule has 1 amide bonds. The van der Waals surface area contributed by atoms with E-state index in [0.717, 1.165) is 12.3 Å². The van der Waals surface area contributed by atoms with E-state index in [2.05, 4.69) is 15.4 Å². The van der Waals surface area contributed by atoms with Crippen molar-refractivity contribution in [1.29, 1.82) is 0 Å². The molecule has 0 saturated carbocycles. The lowest BCUT2D eigenvalue weighted by atomic mass is 10.0. The second kappa shape index (κ2) is 7.14. The van der Waals surface area contributed by atoms with E-state index in [1.807, 2.05) is 4.90 Å². The number of anilines is 1. The van der Waals surface area contributed by atoms with Gasteiger partial charge in [0.25, 0.3) is 5.91 Å². The van der Waals surface area contributed by atoms with Crippen LogP contribution in [0.3, 0.4) is 0 Å². The molecule has 1 saturated heterocycles. The molecule has 1 aliphatic rings. The minimum Gasteiger partial charge on any atom is -0.355 e. The van der Waals surface area contributed by atoms with Crippen molar-refractivity contribution in [3.8, 4) is 0 Å². The Kier molecular flexibility index (Phi) is 5.08. The minimum absolute atomic E-state index is 0.0211. The monoisotopic (exact) mass is 387 g/mol. The van der Waals surface area contributed by atoms with Crippen LogP contribution in [0.1, 0.15) is 28.8 Å². The fraction of sp³-hybridized carbons (Fsp3) is 0.438. The third-order valence-electron chi connectivity index (χ3n) is 4.25. The van der Waals surface area contributed by atoms with E-state index >= 15 is 0 Å². The summed E-state index contributed by atoms with van der Waals surface area (Å²) in [7, 11) is 1.73. The molecule has 0 atom stereocenters. The first kappa shape index (κ1) is 18.5. The Morgan fingerprint density at radius 1 is 1.31 bits per heavy atom. The Bertz CT molecular complexity index is 799. The summed E-state index contributed by atoms with van der Waals surface area (Å²) < 4.78 is 39.6. The van der Waals surface area contributed by atoms with Crippen molar-refractivity contribution in [1.82, 2.24) is 20.1 Å². The Balaban J connectivity index is 1.59. The van der Waals surface area contributed by atoms with Gasteiger partial charge in [0.05, 0.1) is 22.3 Å². The number of piperidine rings is 1. The SMILES string of the molecule is Cn1cc(C(=O)NC2CCN(c3ncc(C(F)(F)F)cc3Cl)CC2)cn1. The molecule has 0 unspecified atom stereocenters. The summed E-state index contributed by atoms with van der Waals surface area (Å²) in [6, 6.07) is 0.868. The van der Waals surface area contributed by atoms with E-state index in [1.54, 1.807) is 17.9 Å². The number of carbonyl (C=O) groups excluding carboxylic acids is 1. The molecule has 0 aliphatic carbocycles. The van der Waals surface area contributed by atoms with Gasteiger partial charge in [-0.2, -0.15) is 18.3 Å². The first-order valence-electron chi connectivity index (χ1n) is 8.01. The number of carbonyl (C=O) groups is 1. The zero-order valence-electron chi connectivity index (χ0n) is 13.9. The third kappa shape index (κ3) is 4.09. The van der Waals surface area contributed by atoms with Crippen molar-refractivity contribution in [3.63, 3.8) is 0 Å². The van der Waals surface area contributed by atoms with Crippen molar-refractivity contribution in [2.75, 3.05) is 18.0 Å². The van der Waals surface area contributed by atoms with Crippen LogP contribution >= 0.6 is 11.6 Å². The summed E-state index contributed by atoms with van der Waals surface area (Å²) in [5.74, 6) is 0.138. The molecule has 6 nitrogen and oxygen atoms in total. The lowest BCUT2D eigenvalue weighted by molar-refractivity contribution is -0.137. The number of nitrogens with zero attached hydrogens (tertiary/aromatic N) is 4. The van der Waals surface area contributed by atoms with Gasteiger partial charge in [0, 0.05) is 38.6 Å². The second-order valence-corrected chi connectivity index (χ2v) is 6.57. The maximum Gasteiger partial charge on any atom is 0.417 e. The molecule has 1 fully saturated rings. The lowest BCUT2D eigenvalue weighted by Gasteiger charge is -2.33. The Labute approximate surface area is 153 Å². The van der Waals surface area contributed by atoms with Gasteiger partial charge in [-0.15, -0.1) is 0 Å². The summed E-state index contributed by atoms with van der Waals surface area (Å²) in [4.78, 5) is 17.9. The van der Waals surface area contributed by atoms with Gasteiger partial charge in [0.2, 0.25) is 0 Å². The number of alkyl halides is 3. The van der Waals surface area contributed by atoms with Crippen LogP contribution in [0.4, 0.5) is 19.0 Å². The summed E-state index contributed by atoms with van der Waals surface area (Å²) in [6.07, 6.45) is 0.735. The minimum atomic E-state index is -4.47. The van der Waals surface area contributed by atoms with Crippen molar-refractivity contribution in [3.05, 3.63) is 40.8 Å². The fourth-order valence-electron chi connectivity index (χ4n) is 2.86. The molecule has 26 heavy (non-hydrogen) atoms. The summed E-state index contributed by atoms with van der Waals surface area (Å²) in [5, 5.41) is 6.87. The van der Waals surface area contributed by atoms with Crippen molar-refractivity contribution < 1.29 is 18.0 Å². The number of aromatic nitrogens is 3. The number of aryl methyl sites for hydroxylation is 1. The number of pyridine rings is 1. The van der Waals surface area contributed by atoms with Gasteiger partial charge >= 0.3 is 6.18 Å². The van der Waals surface area contributed by atoms with Crippen LogP contribution in [0.25, 0.3) is 0 Å². The molecule has 1 aliphatic heterocycles. The summed E-state index contributed by atoms with van der Waals surface area (Å²) in [6.45, 7) is 1.08. The molecule has 2 aromatic heterocycles. The Hall–Kier alpha value is -2.29. The maximum absolute atomic E-state index is 12.7. The van der Waals surface area contributed by atoms with Crippen LogP contribution < -0.4 is 10.2 Å². The number of rotatable bonds is 3. The van der Waals surface area contributed by atoms with Crippen LogP contribution in [-0.4, -0.2) is 39.8 Å². The highest BCUT2D eigenvalue weighted by molar-refractivity contribution is 6.33. The van der Waals surface area contributed by atoms with Crippen LogP contribution in [-0.2, 0) is 13.2 Å². The number of hydrogen-bond donors (Lipinski definition) is 1. The van der Waals surface area contributed by atoms with Gasteiger partial charge in [-0.1, -0.05) is 11.6 Å². The number of amides is 1. The van der Waals surface area contributed by atoms with E-state index in [-0.39, 0.29) is 17.0 Å². The topological polar surface area (TPSA) is 63.1 Å². The maximum atomic E-state index is 12.7. The van der Waals surface area contributed by atoms with E-state index in [0.29, 0.717) is 37.3 Å². The van der Waals surface area contributed by atoms with Gasteiger partial charge in [0.1, 0.15) is 5.82 Å². The van der Waals surface area contributed by atoms with Gasteiger partial charge in [-0.05, 0) is 18.9 Å². The normalized spacial score (nSPS) is 16.0. The molecule has 1 N–H and O–H groups in total. The zero-order chi connectivity index (χ0) is 18.9. The van der Waals surface area contributed by atoms with Crippen LogP contribution in [0, 0.1) is 0 Å². The van der Waals surface area contributed by atoms with Crippen LogP contribution in [0.15, 0.2) is 24.7 Å². The molecule has 10 heteroatoms. The van der Waals surface area contributed by atoms with E-state index in [9.17, 15) is 18.0 Å². The molecular weight excluding hydrogens is 371 g/mol. The molecule has 0 spiro atoms. The van der Waals surface area contributed by atoms with E-state index in [4.69, 9.17) is 11.6 Å². The molecule has 0 bridgehead atoms. The average Bonchev–Trinajstić information content (AvgIpc) is 3.01. The predicted molar refractivity (Wildman–Crippen MR) is 90.2 cm³/mol. The molecule has 140 valence electrons. The van der Waals surface area contributed by atoms with E-state index < -0.39 is 11.7 Å².